The predicted molar refractivity (Wildman–Crippen MR) is 99.5 cm³/mol. The third-order valence-electron chi connectivity index (χ3n) is 7.25. The highest BCUT2D eigenvalue weighted by molar-refractivity contribution is 7.99. The lowest BCUT2D eigenvalue weighted by atomic mass is 9.60. The van der Waals surface area contributed by atoms with E-state index in [4.69, 9.17) is 4.74 Å². The van der Waals surface area contributed by atoms with Gasteiger partial charge in [-0.3, -0.25) is 0 Å². The molecule has 24 heavy (non-hydrogen) atoms. The van der Waals surface area contributed by atoms with Crippen LogP contribution in [0.1, 0.15) is 53.0 Å². The molecule has 1 saturated carbocycles. The first-order valence-electron chi connectivity index (χ1n) is 9.60. The summed E-state index contributed by atoms with van der Waals surface area (Å²) in [6.07, 6.45) is 13.8. The van der Waals surface area contributed by atoms with Crippen LogP contribution in [0.5, 0.6) is 0 Å². The molecule has 7 unspecified atom stereocenters. The summed E-state index contributed by atoms with van der Waals surface area (Å²) in [6.45, 7) is 0.952. The van der Waals surface area contributed by atoms with Gasteiger partial charge in [0.25, 0.3) is 0 Å². The second-order valence-electron chi connectivity index (χ2n) is 8.29. The van der Waals surface area contributed by atoms with Gasteiger partial charge >= 0.3 is 0 Å². The Bertz CT molecular complexity index is 727. The molecule has 1 aromatic rings. The van der Waals surface area contributed by atoms with Crippen LogP contribution in [0, 0.1) is 17.8 Å². The first kappa shape index (κ1) is 14.2. The van der Waals surface area contributed by atoms with Crippen LogP contribution >= 0.6 is 11.8 Å². The summed E-state index contributed by atoms with van der Waals surface area (Å²) in [5.74, 6) is 4.83. The molecule has 0 aromatic heterocycles. The van der Waals surface area contributed by atoms with Gasteiger partial charge in [-0.25, -0.2) is 0 Å². The maximum absolute atomic E-state index is 6.17. The average molecular weight is 337 g/mol. The Kier molecular flexibility index (Phi) is 3.11. The van der Waals surface area contributed by atoms with E-state index in [9.17, 15) is 0 Å². The number of allylic oxidation sites excluding steroid dienone is 3. The quantitative estimate of drug-likeness (QED) is 0.696. The zero-order valence-corrected chi connectivity index (χ0v) is 14.8. The Balaban J connectivity index is 1.37. The highest BCUT2D eigenvalue weighted by Crippen LogP contribution is 2.55. The van der Waals surface area contributed by atoms with Crippen molar-refractivity contribution in [1.29, 1.82) is 0 Å². The third-order valence-corrected chi connectivity index (χ3v) is 8.74. The van der Waals surface area contributed by atoms with Crippen LogP contribution in [-0.2, 0) is 4.74 Å². The van der Waals surface area contributed by atoms with Gasteiger partial charge in [0, 0.05) is 16.9 Å². The van der Waals surface area contributed by atoms with Crippen molar-refractivity contribution in [3.63, 3.8) is 0 Å². The van der Waals surface area contributed by atoms with Gasteiger partial charge in [-0.1, -0.05) is 42.5 Å². The average Bonchev–Trinajstić information content (AvgIpc) is 2.69. The summed E-state index contributed by atoms with van der Waals surface area (Å²) in [4.78, 5) is 0. The predicted octanol–water partition coefficient (Wildman–Crippen LogP) is 5.21. The Morgan fingerprint density at radius 1 is 1.00 bits per heavy atom. The van der Waals surface area contributed by atoms with E-state index in [0.717, 1.165) is 17.8 Å². The fraction of sp³-hybridized carbons (Fsp3) is 0.545. The molecule has 0 radical (unpaired) electrons. The molecule has 4 fully saturated rings. The zero-order chi connectivity index (χ0) is 15.7. The molecule has 7 atom stereocenters. The summed E-state index contributed by atoms with van der Waals surface area (Å²) < 4.78 is 6.17. The highest BCUT2D eigenvalue weighted by atomic mass is 32.2. The fourth-order valence-electron chi connectivity index (χ4n) is 6.03. The van der Waals surface area contributed by atoms with E-state index in [1.165, 1.54) is 25.0 Å². The Labute approximate surface area is 148 Å². The van der Waals surface area contributed by atoms with Gasteiger partial charge < -0.3 is 4.74 Å². The largest absolute Gasteiger partial charge is 0.377 e. The number of hydrogen-bond donors (Lipinski definition) is 0. The summed E-state index contributed by atoms with van der Waals surface area (Å²) in [5.41, 5.74) is 4.95. The van der Waals surface area contributed by atoms with Crippen molar-refractivity contribution in [3.8, 4) is 0 Å². The molecular formula is C22H24OS. The lowest BCUT2D eigenvalue weighted by molar-refractivity contribution is -0.120. The van der Waals surface area contributed by atoms with E-state index in [-0.39, 0.29) is 0 Å². The van der Waals surface area contributed by atoms with Gasteiger partial charge in [0.1, 0.15) is 0 Å². The van der Waals surface area contributed by atoms with E-state index in [0.29, 0.717) is 29.8 Å². The molecule has 1 nitrogen and oxygen atoms in total. The highest BCUT2D eigenvalue weighted by Gasteiger charge is 2.48. The topological polar surface area (TPSA) is 9.23 Å². The molecule has 1 aromatic carbocycles. The molecular weight excluding hydrogens is 312 g/mol. The number of hydrogen-bond acceptors (Lipinski definition) is 2. The number of thioether (sulfide) groups is 1. The molecule has 0 spiro atoms. The molecule has 0 amide bonds. The van der Waals surface area contributed by atoms with Crippen LogP contribution in [-0.4, -0.2) is 18.5 Å². The summed E-state index contributed by atoms with van der Waals surface area (Å²) >= 11 is 2.19. The third kappa shape index (κ3) is 1.93. The maximum atomic E-state index is 6.17. The molecule has 8 rings (SSSR count). The zero-order valence-electron chi connectivity index (χ0n) is 13.9. The lowest BCUT2D eigenvalue weighted by Crippen LogP contribution is -2.50. The summed E-state index contributed by atoms with van der Waals surface area (Å²) in [7, 11) is 0. The van der Waals surface area contributed by atoms with Crippen LogP contribution in [0.4, 0.5) is 0 Å². The minimum Gasteiger partial charge on any atom is -0.377 e. The van der Waals surface area contributed by atoms with Crippen LogP contribution in [0.25, 0.3) is 0 Å². The van der Waals surface area contributed by atoms with E-state index in [1.807, 2.05) is 0 Å². The summed E-state index contributed by atoms with van der Waals surface area (Å²) in [6, 6.07) is 7.54. The van der Waals surface area contributed by atoms with Crippen molar-refractivity contribution in [2.75, 3.05) is 12.4 Å². The standard InChI is InChI=1S/C22H24OS/c1-2-4-16-15(3-1)20-11-23-21(16)10-19(20)13-5-7-17-18(9-13)14-6-8-22(17)24-12-14/h1-5,7,9,14-16,19-22H,6,8,10-12H2. The molecule has 124 valence electrons. The van der Waals surface area contributed by atoms with E-state index >= 15 is 0 Å². The number of fused-ring (bicyclic) bond motifs is 4. The normalized spacial score (nSPS) is 44.4. The van der Waals surface area contributed by atoms with Crippen LogP contribution in [0.3, 0.4) is 0 Å². The molecule has 3 aliphatic carbocycles. The van der Waals surface area contributed by atoms with Crippen molar-refractivity contribution in [3.05, 3.63) is 59.2 Å². The Morgan fingerprint density at radius 3 is 2.79 bits per heavy atom. The summed E-state index contributed by atoms with van der Waals surface area (Å²) in [5, 5.41) is 0.779. The number of benzene rings is 1. The molecule has 7 aliphatic rings. The van der Waals surface area contributed by atoms with Gasteiger partial charge in [-0.2, -0.15) is 11.8 Å². The van der Waals surface area contributed by atoms with Crippen LogP contribution < -0.4 is 0 Å². The molecule has 3 saturated heterocycles. The molecule has 4 aliphatic heterocycles. The second kappa shape index (κ2) is 5.25. The van der Waals surface area contributed by atoms with Crippen molar-refractivity contribution < 1.29 is 4.74 Å². The van der Waals surface area contributed by atoms with Gasteiger partial charge in [0.2, 0.25) is 0 Å². The van der Waals surface area contributed by atoms with Gasteiger partial charge in [0.15, 0.2) is 0 Å². The van der Waals surface area contributed by atoms with Crippen molar-refractivity contribution >= 4 is 11.8 Å². The van der Waals surface area contributed by atoms with E-state index in [2.05, 4.69) is 54.3 Å². The fourth-order valence-corrected chi connectivity index (χ4v) is 7.54. The monoisotopic (exact) mass is 336 g/mol. The smallest absolute Gasteiger partial charge is 0.0649 e. The van der Waals surface area contributed by atoms with E-state index in [1.54, 1.807) is 16.7 Å². The first-order chi connectivity index (χ1) is 11.9. The SMILES string of the molecule is C1=CC2C3CC(c4ccc5c(c4)C4CCC5SC4)C(CO3)C2C=C1. The van der Waals surface area contributed by atoms with Crippen LogP contribution in [0.15, 0.2) is 42.5 Å². The number of ether oxygens (including phenoxy) is 1. The molecule has 0 N–H and O–H groups in total. The van der Waals surface area contributed by atoms with E-state index < -0.39 is 0 Å². The van der Waals surface area contributed by atoms with Crippen molar-refractivity contribution in [2.24, 2.45) is 17.8 Å². The lowest BCUT2D eigenvalue weighted by Gasteiger charge is -2.52. The minimum atomic E-state index is 0.425. The Morgan fingerprint density at radius 2 is 1.92 bits per heavy atom. The first-order valence-corrected chi connectivity index (χ1v) is 10.7. The maximum Gasteiger partial charge on any atom is 0.0649 e. The van der Waals surface area contributed by atoms with Crippen molar-refractivity contribution in [1.82, 2.24) is 0 Å². The van der Waals surface area contributed by atoms with Crippen LogP contribution in [0.2, 0.25) is 0 Å². The minimum absolute atomic E-state index is 0.425. The Hall–Kier alpha value is -0.990. The van der Waals surface area contributed by atoms with Gasteiger partial charge in [-0.15, -0.1) is 0 Å². The van der Waals surface area contributed by atoms with Crippen molar-refractivity contribution in [2.45, 2.75) is 42.5 Å². The van der Waals surface area contributed by atoms with Gasteiger partial charge in [-0.05, 0) is 59.6 Å². The number of rotatable bonds is 1. The van der Waals surface area contributed by atoms with Gasteiger partial charge in [0.05, 0.1) is 12.7 Å². The molecule has 4 heterocycles. The molecule has 2 heteroatoms. The molecule has 4 bridgehead atoms. The second-order valence-corrected chi connectivity index (χ2v) is 9.52.